The Morgan fingerprint density at radius 1 is 1.21 bits per heavy atom. The molecule has 2 bridgehead atoms. The van der Waals surface area contributed by atoms with E-state index in [2.05, 4.69) is 4.83 Å². The number of hydrogen-bond donors (Lipinski definition) is 1. The predicted octanol–water partition coefficient (Wildman–Crippen LogP) is 0.858. The van der Waals surface area contributed by atoms with Crippen molar-refractivity contribution >= 4 is 10.0 Å². The maximum absolute atomic E-state index is 11.4. The number of hydrazine groups is 1. The summed E-state index contributed by atoms with van der Waals surface area (Å²) in [5.74, 6) is 0.170. The first kappa shape index (κ1) is 10.4. The fourth-order valence-electron chi connectivity index (χ4n) is 2.49. The summed E-state index contributed by atoms with van der Waals surface area (Å²) in [5.41, 5.74) is 0. The SMILES string of the molecule is CCS(=O)(=O)NN1C2CCCC1CC2. The van der Waals surface area contributed by atoms with E-state index in [1.165, 1.54) is 6.42 Å². The minimum atomic E-state index is -3.07. The third kappa shape index (κ3) is 1.94. The molecule has 0 amide bonds. The lowest BCUT2D eigenvalue weighted by Crippen LogP contribution is -2.51. The minimum Gasteiger partial charge on any atom is -0.225 e. The number of hydrogen-bond acceptors (Lipinski definition) is 3. The van der Waals surface area contributed by atoms with Crippen molar-refractivity contribution in [2.75, 3.05) is 5.75 Å². The van der Waals surface area contributed by atoms with E-state index in [-0.39, 0.29) is 5.75 Å². The summed E-state index contributed by atoms with van der Waals surface area (Å²) >= 11 is 0. The maximum Gasteiger partial charge on any atom is 0.224 e. The van der Waals surface area contributed by atoms with Gasteiger partial charge >= 0.3 is 0 Å². The van der Waals surface area contributed by atoms with Crippen LogP contribution in [0.1, 0.15) is 39.0 Å². The molecule has 0 aromatic carbocycles. The second kappa shape index (κ2) is 3.79. The van der Waals surface area contributed by atoms with E-state index in [9.17, 15) is 8.42 Å². The molecule has 2 aliphatic heterocycles. The molecule has 0 spiro atoms. The highest BCUT2D eigenvalue weighted by Gasteiger charge is 2.38. The summed E-state index contributed by atoms with van der Waals surface area (Å²) in [5, 5.41) is 1.99. The molecule has 2 saturated heterocycles. The lowest BCUT2D eigenvalue weighted by molar-refractivity contribution is 0.114. The minimum absolute atomic E-state index is 0.170. The molecule has 2 heterocycles. The zero-order valence-electron chi connectivity index (χ0n) is 8.57. The van der Waals surface area contributed by atoms with Crippen molar-refractivity contribution < 1.29 is 8.42 Å². The summed E-state index contributed by atoms with van der Waals surface area (Å²) in [6, 6.07) is 0.908. The van der Waals surface area contributed by atoms with Gasteiger partial charge in [-0.15, -0.1) is 4.83 Å². The van der Waals surface area contributed by atoms with Crippen LogP contribution in [0.5, 0.6) is 0 Å². The van der Waals surface area contributed by atoms with Crippen LogP contribution >= 0.6 is 0 Å². The predicted molar refractivity (Wildman–Crippen MR) is 55.1 cm³/mol. The third-order valence-electron chi connectivity index (χ3n) is 3.32. The normalized spacial score (nSPS) is 33.5. The summed E-state index contributed by atoms with van der Waals surface area (Å²) in [4.78, 5) is 2.71. The standard InChI is InChI=1S/C9H18N2O2S/c1-2-14(12,13)10-11-8-4-3-5-9(11)7-6-8/h8-10H,2-7H2,1H3. The van der Waals surface area contributed by atoms with Crippen molar-refractivity contribution in [1.82, 2.24) is 9.84 Å². The van der Waals surface area contributed by atoms with Gasteiger partial charge in [-0.25, -0.2) is 13.4 Å². The Morgan fingerprint density at radius 3 is 2.29 bits per heavy atom. The Labute approximate surface area is 85.7 Å². The molecule has 14 heavy (non-hydrogen) atoms. The average Bonchev–Trinajstić information content (AvgIpc) is 2.41. The van der Waals surface area contributed by atoms with Gasteiger partial charge in [0.15, 0.2) is 0 Å². The Hall–Kier alpha value is -0.130. The lowest BCUT2D eigenvalue weighted by atomic mass is 10.1. The molecule has 0 aromatic rings. The topological polar surface area (TPSA) is 49.4 Å². The molecule has 0 saturated carbocycles. The molecule has 2 atom stereocenters. The Kier molecular flexibility index (Phi) is 2.81. The number of piperidine rings is 1. The van der Waals surface area contributed by atoms with Crippen molar-refractivity contribution in [2.45, 2.75) is 51.1 Å². The van der Waals surface area contributed by atoms with Gasteiger partial charge in [0.25, 0.3) is 0 Å². The number of rotatable bonds is 3. The smallest absolute Gasteiger partial charge is 0.224 e. The molecule has 2 rings (SSSR count). The number of nitrogens with zero attached hydrogens (tertiary/aromatic N) is 1. The van der Waals surface area contributed by atoms with Gasteiger partial charge in [-0.05, 0) is 32.6 Å². The quantitative estimate of drug-likeness (QED) is 0.764. The molecular weight excluding hydrogens is 200 g/mol. The zero-order chi connectivity index (χ0) is 10.2. The van der Waals surface area contributed by atoms with E-state index in [0.29, 0.717) is 12.1 Å². The highest BCUT2D eigenvalue weighted by Crippen LogP contribution is 2.33. The van der Waals surface area contributed by atoms with E-state index < -0.39 is 10.0 Å². The lowest BCUT2D eigenvalue weighted by Gasteiger charge is -2.34. The van der Waals surface area contributed by atoms with Crippen molar-refractivity contribution in [1.29, 1.82) is 0 Å². The average molecular weight is 218 g/mol. The second-order valence-electron chi connectivity index (χ2n) is 4.22. The maximum atomic E-state index is 11.4. The van der Waals surface area contributed by atoms with Crippen LogP contribution in [0.4, 0.5) is 0 Å². The summed E-state index contributed by atoms with van der Waals surface area (Å²) in [6.07, 6.45) is 5.83. The largest absolute Gasteiger partial charge is 0.225 e. The van der Waals surface area contributed by atoms with E-state index in [0.717, 1.165) is 25.7 Å². The van der Waals surface area contributed by atoms with Gasteiger partial charge in [-0.1, -0.05) is 6.42 Å². The van der Waals surface area contributed by atoms with E-state index in [1.807, 2.05) is 5.01 Å². The van der Waals surface area contributed by atoms with Gasteiger partial charge < -0.3 is 0 Å². The van der Waals surface area contributed by atoms with Gasteiger partial charge in [0.1, 0.15) is 0 Å². The van der Waals surface area contributed by atoms with Crippen molar-refractivity contribution in [3.8, 4) is 0 Å². The Bertz CT molecular complexity index is 286. The van der Waals surface area contributed by atoms with E-state index >= 15 is 0 Å². The van der Waals surface area contributed by atoms with Crippen LogP contribution in [0.2, 0.25) is 0 Å². The summed E-state index contributed by atoms with van der Waals surface area (Å²) < 4.78 is 22.9. The fourth-order valence-corrected chi connectivity index (χ4v) is 3.24. The highest BCUT2D eigenvalue weighted by molar-refractivity contribution is 7.89. The molecule has 5 heteroatoms. The van der Waals surface area contributed by atoms with Gasteiger partial charge in [-0.2, -0.15) is 0 Å². The van der Waals surface area contributed by atoms with Crippen LogP contribution in [0.3, 0.4) is 0 Å². The second-order valence-corrected chi connectivity index (χ2v) is 6.21. The fraction of sp³-hybridized carbons (Fsp3) is 1.00. The molecule has 0 aliphatic carbocycles. The highest BCUT2D eigenvalue weighted by atomic mass is 32.2. The molecule has 0 aromatic heterocycles. The van der Waals surface area contributed by atoms with Gasteiger partial charge in [0, 0.05) is 12.1 Å². The van der Waals surface area contributed by atoms with Crippen LogP contribution in [0, 0.1) is 0 Å². The Balaban J connectivity index is 2.05. The van der Waals surface area contributed by atoms with Gasteiger partial charge in [0.2, 0.25) is 10.0 Å². The molecule has 2 fully saturated rings. The third-order valence-corrected chi connectivity index (χ3v) is 4.57. The summed E-state index contributed by atoms with van der Waals surface area (Å²) in [7, 11) is -3.07. The van der Waals surface area contributed by atoms with Crippen LogP contribution in [0.15, 0.2) is 0 Å². The molecule has 1 N–H and O–H groups in total. The molecule has 4 nitrogen and oxygen atoms in total. The first-order chi connectivity index (χ1) is 6.62. The van der Waals surface area contributed by atoms with Crippen LogP contribution < -0.4 is 4.83 Å². The molecular formula is C9H18N2O2S. The van der Waals surface area contributed by atoms with Crippen molar-refractivity contribution in [3.63, 3.8) is 0 Å². The van der Waals surface area contributed by atoms with Gasteiger partial charge in [-0.3, -0.25) is 0 Å². The summed E-state index contributed by atoms with van der Waals surface area (Å²) in [6.45, 7) is 1.67. The Morgan fingerprint density at radius 2 is 1.79 bits per heavy atom. The van der Waals surface area contributed by atoms with E-state index in [4.69, 9.17) is 0 Å². The number of fused-ring (bicyclic) bond motifs is 2. The molecule has 2 unspecified atom stereocenters. The first-order valence-corrected chi connectivity index (χ1v) is 7.06. The van der Waals surface area contributed by atoms with Crippen LogP contribution in [-0.4, -0.2) is 31.3 Å². The van der Waals surface area contributed by atoms with E-state index in [1.54, 1.807) is 6.92 Å². The molecule has 2 aliphatic rings. The first-order valence-electron chi connectivity index (χ1n) is 5.41. The van der Waals surface area contributed by atoms with Gasteiger partial charge in [0.05, 0.1) is 5.75 Å². The number of sulfonamides is 1. The number of nitrogens with one attached hydrogen (secondary N) is 1. The molecule has 0 radical (unpaired) electrons. The van der Waals surface area contributed by atoms with Crippen LogP contribution in [-0.2, 0) is 10.0 Å². The van der Waals surface area contributed by atoms with Crippen LogP contribution in [0.25, 0.3) is 0 Å². The monoisotopic (exact) mass is 218 g/mol. The zero-order valence-corrected chi connectivity index (χ0v) is 9.39. The molecule has 82 valence electrons. The van der Waals surface area contributed by atoms with Crippen molar-refractivity contribution in [3.05, 3.63) is 0 Å². The van der Waals surface area contributed by atoms with Crippen molar-refractivity contribution in [2.24, 2.45) is 0 Å².